The summed E-state index contributed by atoms with van der Waals surface area (Å²) in [6.45, 7) is 0. The van der Waals surface area contributed by atoms with E-state index in [0.717, 1.165) is 29.4 Å². The minimum atomic E-state index is -0.180. The van der Waals surface area contributed by atoms with Crippen LogP contribution in [0.15, 0.2) is 30.5 Å². The molecular formula is C13H15BrFN3. The summed E-state index contributed by atoms with van der Waals surface area (Å²) < 4.78 is 14.8. The molecule has 96 valence electrons. The molecule has 0 aliphatic carbocycles. The van der Waals surface area contributed by atoms with Crippen LogP contribution in [-0.4, -0.2) is 20.3 Å². The van der Waals surface area contributed by atoms with Crippen LogP contribution >= 0.6 is 15.9 Å². The van der Waals surface area contributed by atoms with Gasteiger partial charge in [-0.25, -0.2) is 4.39 Å². The Kier molecular flexibility index (Phi) is 4.47. The molecule has 1 unspecified atom stereocenters. The summed E-state index contributed by atoms with van der Waals surface area (Å²) in [4.78, 5) is 0. The number of rotatable bonds is 5. The molecule has 0 bridgehead atoms. The number of halogens is 2. The lowest BCUT2D eigenvalue weighted by Gasteiger charge is -2.12. The highest BCUT2D eigenvalue weighted by atomic mass is 79.9. The summed E-state index contributed by atoms with van der Waals surface area (Å²) >= 11 is 3.51. The van der Waals surface area contributed by atoms with Crippen molar-refractivity contribution in [2.75, 3.05) is 5.33 Å². The molecule has 5 heteroatoms. The van der Waals surface area contributed by atoms with Crippen LogP contribution < -0.4 is 0 Å². The van der Waals surface area contributed by atoms with Crippen molar-refractivity contribution in [2.45, 2.75) is 12.8 Å². The maximum Gasteiger partial charge on any atom is 0.123 e. The van der Waals surface area contributed by atoms with Gasteiger partial charge in [-0.2, -0.15) is 0 Å². The van der Waals surface area contributed by atoms with E-state index in [1.54, 1.807) is 16.8 Å². The van der Waals surface area contributed by atoms with Gasteiger partial charge in [-0.1, -0.05) is 33.3 Å². The highest BCUT2D eigenvalue weighted by Gasteiger charge is 2.12. The van der Waals surface area contributed by atoms with Crippen LogP contribution in [0, 0.1) is 11.7 Å². The fourth-order valence-corrected chi connectivity index (χ4v) is 2.42. The summed E-state index contributed by atoms with van der Waals surface area (Å²) in [6, 6.07) is 6.76. The average molecular weight is 312 g/mol. The van der Waals surface area contributed by atoms with Crippen LogP contribution in [0.3, 0.4) is 0 Å². The van der Waals surface area contributed by atoms with Crippen molar-refractivity contribution in [1.82, 2.24) is 15.0 Å². The molecular weight excluding hydrogens is 297 g/mol. The Morgan fingerprint density at radius 2 is 2.22 bits per heavy atom. The maximum atomic E-state index is 13.1. The van der Waals surface area contributed by atoms with Gasteiger partial charge in [0.15, 0.2) is 0 Å². The minimum Gasteiger partial charge on any atom is -0.255 e. The molecule has 0 aliphatic rings. The Hall–Kier alpha value is -1.23. The van der Waals surface area contributed by atoms with Gasteiger partial charge in [-0.05, 0) is 36.5 Å². The fourth-order valence-electron chi connectivity index (χ4n) is 1.96. The third kappa shape index (κ3) is 3.63. The number of aromatic nitrogens is 3. The molecule has 3 nitrogen and oxygen atoms in total. The summed E-state index contributed by atoms with van der Waals surface area (Å²) in [5.74, 6) is 0.212. The molecule has 1 aromatic carbocycles. The van der Waals surface area contributed by atoms with E-state index >= 15 is 0 Å². The lowest BCUT2D eigenvalue weighted by atomic mass is 9.97. The zero-order valence-electron chi connectivity index (χ0n) is 10.2. The molecule has 0 fully saturated rings. The van der Waals surface area contributed by atoms with Gasteiger partial charge in [0, 0.05) is 18.6 Å². The van der Waals surface area contributed by atoms with E-state index < -0.39 is 0 Å². The van der Waals surface area contributed by atoms with Gasteiger partial charge < -0.3 is 0 Å². The molecule has 0 aliphatic heterocycles. The third-order valence-corrected chi connectivity index (χ3v) is 3.70. The SMILES string of the molecule is Cn1cc(CC(CBr)Cc2cccc(F)c2)nn1. The van der Waals surface area contributed by atoms with Crippen LogP contribution in [0.25, 0.3) is 0 Å². The predicted octanol–water partition coefficient (Wildman–Crippen LogP) is 2.75. The highest BCUT2D eigenvalue weighted by Crippen LogP contribution is 2.16. The quantitative estimate of drug-likeness (QED) is 0.795. The first kappa shape index (κ1) is 13.2. The zero-order valence-corrected chi connectivity index (χ0v) is 11.8. The first-order chi connectivity index (χ1) is 8.67. The second-order valence-electron chi connectivity index (χ2n) is 4.44. The highest BCUT2D eigenvalue weighted by molar-refractivity contribution is 9.09. The topological polar surface area (TPSA) is 30.7 Å². The summed E-state index contributed by atoms with van der Waals surface area (Å²) in [5.41, 5.74) is 1.99. The van der Waals surface area contributed by atoms with Crippen LogP contribution in [0.2, 0.25) is 0 Å². The number of aryl methyl sites for hydroxylation is 1. The van der Waals surface area contributed by atoms with E-state index in [1.807, 2.05) is 19.3 Å². The largest absolute Gasteiger partial charge is 0.255 e. The molecule has 0 N–H and O–H groups in total. The molecule has 0 radical (unpaired) electrons. The first-order valence-electron chi connectivity index (χ1n) is 5.83. The van der Waals surface area contributed by atoms with E-state index in [0.29, 0.717) is 5.92 Å². The Labute approximate surface area is 114 Å². The van der Waals surface area contributed by atoms with Gasteiger partial charge >= 0.3 is 0 Å². The molecule has 1 heterocycles. The van der Waals surface area contributed by atoms with E-state index in [1.165, 1.54) is 6.07 Å². The van der Waals surface area contributed by atoms with Gasteiger partial charge in [0.05, 0.1) is 5.69 Å². The fraction of sp³-hybridized carbons (Fsp3) is 0.385. The molecule has 18 heavy (non-hydrogen) atoms. The van der Waals surface area contributed by atoms with Crippen molar-refractivity contribution in [2.24, 2.45) is 13.0 Å². The zero-order chi connectivity index (χ0) is 13.0. The number of nitrogens with zero attached hydrogens (tertiary/aromatic N) is 3. The molecule has 0 saturated heterocycles. The van der Waals surface area contributed by atoms with Gasteiger partial charge in [-0.3, -0.25) is 4.68 Å². The van der Waals surface area contributed by atoms with Crippen LogP contribution in [0.4, 0.5) is 4.39 Å². The molecule has 1 aromatic heterocycles. The van der Waals surface area contributed by atoms with Crippen molar-refractivity contribution in [3.05, 3.63) is 47.5 Å². The molecule has 0 saturated carbocycles. The molecule has 2 aromatic rings. The lowest BCUT2D eigenvalue weighted by molar-refractivity contribution is 0.574. The molecule has 0 spiro atoms. The van der Waals surface area contributed by atoms with E-state index in [4.69, 9.17) is 0 Å². The van der Waals surface area contributed by atoms with Crippen molar-refractivity contribution < 1.29 is 4.39 Å². The average Bonchev–Trinajstić information content (AvgIpc) is 2.74. The van der Waals surface area contributed by atoms with Crippen molar-refractivity contribution >= 4 is 15.9 Å². The Balaban J connectivity index is 2.01. The Morgan fingerprint density at radius 1 is 1.39 bits per heavy atom. The van der Waals surface area contributed by atoms with Crippen LogP contribution in [0.1, 0.15) is 11.3 Å². The second kappa shape index (κ2) is 6.09. The number of hydrogen-bond acceptors (Lipinski definition) is 2. The molecule has 1 atom stereocenters. The summed E-state index contributed by atoms with van der Waals surface area (Å²) in [6.07, 6.45) is 3.59. The minimum absolute atomic E-state index is 0.180. The Bertz CT molecular complexity index is 512. The van der Waals surface area contributed by atoms with Crippen molar-refractivity contribution in [1.29, 1.82) is 0 Å². The van der Waals surface area contributed by atoms with Gasteiger partial charge in [0.25, 0.3) is 0 Å². The molecule has 0 amide bonds. The van der Waals surface area contributed by atoms with Gasteiger partial charge in [-0.15, -0.1) is 5.10 Å². The van der Waals surface area contributed by atoms with E-state index in [-0.39, 0.29) is 5.82 Å². The maximum absolute atomic E-state index is 13.1. The number of benzene rings is 1. The standard InChI is InChI=1S/C13H15BrFN3/c1-18-9-13(16-17-18)7-11(8-14)5-10-3-2-4-12(15)6-10/h2-4,6,9,11H,5,7-8H2,1H3. The normalized spacial score (nSPS) is 12.6. The third-order valence-electron chi connectivity index (χ3n) is 2.78. The smallest absolute Gasteiger partial charge is 0.123 e. The Morgan fingerprint density at radius 3 is 2.83 bits per heavy atom. The van der Waals surface area contributed by atoms with E-state index in [2.05, 4.69) is 26.2 Å². The van der Waals surface area contributed by atoms with Gasteiger partial charge in [0.1, 0.15) is 5.82 Å². The number of hydrogen-bond donors (Lipinski definition) is 0. The van der Waals surface area contributed by atoms with Crippen LogP contribution in [0.5, 0.6) is 0 Å². The monoisotopic (exact) mass is 311 g/mol. The van der Waals surface area contributed by atoms with Crippen LogP contribution in [-0.2, 0) is 19.9 Å². The molecule has 2 rings (SSSR count). The van der Waals surface area contributed by atoms with Crippen molar-refractivity contribution in [3.63, 3.8) is 0 Å². The summed E-state index contributed by atoms with van der Waals surface area (Å²) in [7, 11) is 1.85. The predicted molar refractivity (Wildman–Crippen MR) is 72.1 cm³/mol. The van der Waals surface area contributed by atoms with Crippen molar-refractivity contribution in [3.8, 4) is 0 Å². The number of alkyl halides is 1. The van der Waals surface area contributed by atoms with Gasteiger partial charge in [0.2, 0.25) is 0 Å². The lowest BCUT2D eigenvalue weighted by Crippen LogP contribution is -2.10. The van der Waals surface area contributed by atoms with E-state index in [9.17, 15) is 4.39 Å². The summed E-state index contributed by atoms with van der Waals surface area (Å²) in [5, 5.41) is 8.86. The first-order valence-corrected chi connectivity index (χ1v) is 6.95. The second-order valence-corrected chi connectivity index (χ2v) is 5.09.